The summed E-state index contributed by atoms with van der Waals surface area (Å²) in [5, 5.41) is 19.7. The number of para-hydroxylation sites is 1. The van der Waals surface area contributed by atoms with Crippen molar-refractivity contribution in [1.29, 1.82) is 0 Å². The van der Waals surface area contributed by atoms with E-state index >= 15 is 0 Å². The molecular weight excluding hydrogens is 402 g/mol. The van der Waals surface area contributed by atoms with E-state index in [2.05, 4.69) is 20.5 Å². The highest BCUT2D eigenvalue weighted by atomic mass is 32.2. The van der Waals surface area contributed by atoms with E-state index in [-0.39, 0.29) is 16.6 Å². The second-order valence-corrected chi connectivity index (χ2v) is 7.11. The standard InChI is InChI=1S/C21H15N5O3S/c27-17-4-2-1-3-16(17)20(28)25-23-13-18-19(24-21(29)30-18)26-11-7-15(8-12-26)14-5-9-22-10-6-14/h1-13,22,27H. The highest BCUT2D eigenvalue weighted by Crippen LogP contribution is 2.31. The van der Waals surface area contributed by atoms with Gasteiger partial charge in [0.15, 0.2) is 5.84 Å². The Morgan fingerprint density at radius 3 is 2.53 bits per heavy atom. The van der Waals surface area contributed by atoms with E-state index in [0.717, 1.165) is 22.9 Å². The molecule has 0 spiro atoms. The number of carbonyl (C=O) groups is 2. The second-order valence-electron chi connectivity index (χ2n) is 6.12. The Labute approximate surface area is 176 Å². The molecule has 0 unspecified atom stereocenters. The highest BCUT2D eigenvalue weighted by molar-refractivity contribution is 8.18. The number of nitrogens with zero attached hydrogens (tertiary/aromatic N) is 4. The molecule has 2 amide bonds. The molecule has 1 aromatic carbocycles. The maximum absolute atomic E-state index is 12.1. The third-order valence-corrected chi connectivity index (χ3v) is 4.97. The van der Waals surface area contributed by atoms with E-state index < -0.39 is 5.91 Å². The summed E-state index contributed by atoms with van der Waals surface area (Å²) in [7, 11) is 0. The van der Waals surface area contributed by atoms with Gasteiger partial charge < -0.3 is 15.3 Å². The number of nitrogens with one attached hydrogen (secondary N) is 1. The van der Waals surface area contributed by atoms with E-state index in [0.29, 0.717) is 10.7 Å². The first-order valence-corrected chi connectivity index (χ1v) is 9.66. The molecule has 1 aromatic rings. The number of carbonyl (C=O) groups excluding carboxylic acids is 2. The number of hydrogen-bond acceptors (Lipinski definition) is 7. The average Bonchev–Trinajstić information content (AvgIpc) is 3.15. The number of benzene rings is 1. The van der Waals surface area contributed by atoms with Gasteiger partial charge in [-0.1, -0.05) is 12.1 Å². The largest absolute Gasteiger partial charge is 0.507 e. The molecule has 0 radical (unpaired) electrons. The van der Waals surface area contributed by atoms with Crippen LogP contribution in [0.4, 0.5) is 4.79 Å². The van der Waals surface area contributed by atoms with Crippen LogP contribution in [0.1, 0.15) is 10.4 Å². The van der Waals surface area contributed by atoms with E-state index in [1.54, 1.807) is 29.4 Å². The SMILES string of the molecule is O=C1N=C(N2C=CC(=C3C=CNC=C3)C=C2)C(=CN=NC(=O)c2ccccc2O)S1. The first kappa shape index (κ1) is 19.3. The Kier molecular flexibility index (Phi) is 5.53. The minimum atomic E-state index is -0.685. The van der Waals surface area contributed by atoms with Crippen LogP contribution in [-0.2, 0) is 0 Å². The Morgan fingerprint density at radius 2 is 1.80 bits per heavy atom. The van der Waals surface area contributed by atoms with Gasteiger partial charge in [-0.15, -0.1) is 5.11 Å². The van der Waals surface area contributed by atoms with E-state index in [1.165, 1.54) is 18.3 Å². The fraction of sp³-hybridized carbons (Fsp3) is 0. The van der Waals surface area contributed by atoms with Crippen molar-refractivity contribution in [2.45, 2.75) is 0 Å². The van der Waals surface area contributed by atoms with Gasteiger partial charge >= 0.3 is 5.24 Å². The number of amidine groups is 1. The molecule has 0 saturated carbocycles. The lowest BCUT2D eigenvalue weighted by Gasteiger charge is -2.19. The molecule has 4 rings (SSSR count). The van der Waals surface area contributed by atoms with E-state index in [9.17, 15) is 14.7 Å². The minimum Gasteiger partial charge on any atom is -0.507 e. The molecule has 9 heteroatoms. The van der Waals surface area contributed by atoms with Gasteiger partial charge in [-0.3, -0.25) is 9.59 Å². The van der Waals surface area contributed by atoms with Gasteiger partial charge in [-0.2, -0.15) is 10.1 Å². The van der Waals surface area contributed by atoms with Crippen molar-refractivity contribution in [2.75, 3.05) is 0 Å². The van der Waals surface area contributed by atoms with Crippen molar-refractivity contribution < 1.29 is 14.7 Å². The number of azo groups is 1. The molecule has 0 aliphatic carbocycles. The molecule has 3 aliphatic heterocycles. The Hall–Kier alpha value is -3.98. The normalized spacial score (nSPS) is 19.2. The summed E-state index contributed by atoms with van der Waals surface area (Å²) in [5.41, 5.74) is 2.11. The zero-order chi connectivity index (χ0) is 20.9. The number of rotatable bonds is 2. The van der Waals surface area contributed by atoms with Gasteiger partial charge in [0.1, 0.15) is 5.75 Å². The Morgan fingerprint density at radius 1 is 1.10 bits per heavy atom. The molecule has 8 nitrogen and oxygen atoms in total. The number of amides is 2. The molecule has 0 saturated heterocycles. The third-order valence-electron chi connectivity index (χ3n) is 4.20. The quantitative estimate of drug-likeness (QED) is 0.693. The third kappa shape index (κ3) is 4.20. The number of hydrogen-bond donors (Lipinski definition) is 2. The number of aromatic hydroxyl groups is 1. The van der Waals surface area contributed by atoms with Crippen molar-refractivity contribution in [3.8, 4) is 5.75 Å². The van der Waals surface area contributed by atoms with Crippen LogP contribution in [0, 0.1) is 0 Å². The molecule has 3 heterocycles. The van der Waals surface area contributed by atoms with Gasteiger partial charge in [0.05, 0.1) is 16.7 Å². The van der Waals surface area contributed by atoms with Crippen LogP contribution in [-0.4, -0.2) is 27.0 Å². The van der Waals surface area contributed by atoms with Crippen molar-refractivity contribution in [3.63, 3.8) is 0 Å². The number of allylic oxidation sites excluding steroid dienone is 6. The lowest BCUT2D eigenvalue weighted by Crippen LogP contribution is -2.20. The topological polar surface area (TPSA) is 107 Å². The summed E-state index contributed by atoms with van der Waals surface area (Å²) in [6, 6.07) is 6.07. The summed E-state index contributed by atoms with van der Waals surface area (Å²) in [5.74, 6) is -0.462. The molecule has 0 atom stereocenters. The van der Waals surface area contributed by atoms with Crippen molar-refractivity contribution in [3.05, 3.63) is 101 Å². The second kappa shape index (κ2) is 8.58. The lowest BCUT2D eigenvalue weighted by molar-refractivity contribution is 0.0992. The Bertz CT molecular complexity index is 1120. The zero-order valence-corrected chi connectivity index (χ0v) is 16.3. The van der Waals surface area contributed by atoms with Gasteiger partial charge in [-0.05, 0) is 59.3 Å². The molecule has 0 aromatic heterocycles. The predicted octanol–water partition coefficient (Wildman–Crippen LogP) is 4.36. The minimum absolute atomic E-state index is 0.0483. The molecular formula is C21H15N5O3S. The van der Waals surface area contributed by atoms with Gasteiger partial charge in [0.25, 0.3) is 5.91 Å². The predicted molar refractivity (Wildman–Crippen MR) is 114 cm³/mol. The van der Waals surface area contributed by atoms with Crippen LogP contribution in [0.25, 0.3) is 0 Å². The van der Waals surface area contributed by atoms with Crippen LogP contribution in [0.15, 0.2) is 111 Å². The number of dihydropyridines is 1. The first-order chi connectivity index (χ1) is 14.6. The van der Waals surface area contributed by atoms with Gasteiger partial charge in [0.2, 0.25) is 0 Å². The van der Waals surface area contributed by atoms with Crippen LogP contribution in [0.2, 0.25) is 0 Å². The number of phenolic OH excluding ortho intramolecular Hbond substituents is 1. The summed E-state index contributed by atoms with van der Waals surface area (Å²) in [4.78, 5) is 30.1. The van der Waals surface area contributed by atoms with Crippen LogP contribution < -0.4 is 5.32 Å². The number of thioether (sulfide) groups is 1. The maximum atomic E-state index is 12.1. The molecule has 30 heavy (non-hydrogen) atoms. The average molecular weight is 417 g/mol. The van der Waals surface area contributed by atoms with Crippen molar-refractivity contribution >= 4 is 28.7 Å². The van der Waals surface area contributed by atoms with Gasteiger partial charge in [0, 0.05) is 24.8 Å². The first-order valence-electron chi connectivity index (χ1n) is 8.84. The molecule has 0 bridgehead atoms. The summed E-state index contributed by atoms with van der Waals surface area (Å²) in [6.45, 7) is 0. The van der Waals surface area contributed by atoms with Crippen LogP contribution >= 0.6 is 11.8 Å². The maximum Gasteiger partial charge on any atom is 0.311 e. The van der Waals surface area contributed by atoms with Crippen molar-refractivity contribution in [1.82, 2.24) is 10.2 Å². The highest BCUT2D eigenvalue weighted by Gasteiger charge is 2.25. The monoisotopic (exact) mass is 417 g/mol. The fourth-order valence-corrected chi connectivity index (χ4v) is 3.42. The van der Waals surface area contributed by atoms with Gasteiger partial charge in [-0.25, -0.2) is 0 Å². The number of aliphatic imine (C=N–C) groups is 1. The summed E-state index contributed by atoms with van der Waals surface area (Å²) < 4.78 is 0. The fourth-order valence-electron chi connectivity index (χ4n) is 2.75. The molecule has 0 fully saturated rings. The Balaban J connectivity index is 1.50. The van der Waals surface area contributed by atoms with Crippen LogP contribution in [0.3, 0.4) is 0 Å². The summed E-state index contributed by atoms with van der Waals surface area (Å²) in [6.07, 6.45) is 16.3. The summed E-state index contributed by atoms with van der Waals surface area (Å²) >= 11 is 0.899. The van der Waals surface area contributed by atoms with Crippen LogP contribution in [0.5, 0.6) is 5.75 Å². The molecule has 148 valence electrons. The van der Waals surface area contributed by atoms with Crippen molar-refractivity contribution in [2.24, 2.45) is 15.2 Å². The van der Waals surface area contributed by atoms with E-state index in [4.69, 9.17) is 0 Å². The number of phenols is 1. The lowest BCUT2D eigenvalue weighted by atomic mass is 10.1. The molecule has 3 aliphatic rings. The molecule has 2 N–H and O–H groups in total. The smallest absolute Gasteiger partial charge is 0.311 e. The van der Waals surface area contributed by atoms with E-state index in [1.807, 2.05) is 36.7 Å². The zero-order valence-electron chi connectivity index (χ0n) is 15.5.